The van der Waals surface area contributed by atoms with Gasteiger partial charge in [0, 0.05) is 18.2 Å². The third kappa shape index (κ3) is 4.73. The second kappa shape index (κ2) is 8.80. The Morgan fingerprint density at radius 2 is 1.81 bits per heavy atom. The number of aryl methyl sites for hydroxylation is 1. The van der Waals surface area contributed by atoms with Crippen LogP contribution >= 0.6 is 0 Å². The van der Waals surface area contributed by atoms with Gasteiger partial charge in [-0.2, -0.15) is 0 Å². The summed E-state index contributed by atoms with van der Waals surface area (Å²) >= 11 is 0. The van der Waals surface area contributed by atoms with Crippen molar-refractivity contribution in [3.05, 3.63) is 53.6 Å². The maximum Gasteiger partial charge on any atom is 0.261 e. The van der Waals surface area contributed by atoms with E-state index in [2.05, 4.69) is 6.92 Å². The second-order valence-electron chi connectivity index (χ2n) is 6.68. The Labute approximate surface area is 160 Å². The minimum absolute atomic E-state index is 0.00622. The molecule has 0 radical (unpaired) electrons. The number of rotatable bonds is 9. The van der Waals surface area contributed by atoms with E-state index < -0.39 is 0 Å². The first-order valence-electron chi connectivity index (χ1n) is 9.37. The predicted molar refractivity (Wildman–Crippen MR) is 104 cm³/mol. The number of para-hydroxylation sites is 1. The van der Waals surface area contributed by atoms with E-state index in [9.17, 15) is 4.79 Å². The number of methoxy groups -OCH3 is 2. The van der Waals surface area contributed by atoms with Crippen LogP contribution in [0.5, 0.6) is 17.2 Å². The third-order valence-electron chi connectivity index (χ3n) is 4.84. The zero-order valence-electron chi connectivity index (χ0n) is 16.2. The molecule has 0 aromatic heterocycles. The number of nitrogens with zero attached hydrogens (tertiary/aromatic N) is 1. The number of hydrogen-bond donors (Lipinski definition) is 0. The van der Waals surface area contributed by atoms with Crippen LogP contribution in [0.3, 0.4) is 0 Å². The molecule has 5 heteroatoms. The molecule has 0 aliphatic heterocycles. The van der Waals surface area contributed by atoms with Gasteiger partial charge in [0.15, 0.2) is 6.61 Å². The third-order valence-corrected chi connectivity index (χ3v) is 4.84. The molecule has 0 heterocycles. The fourth-order valence-corrected chi connectivity index (χ4v) is 3.16. The van der Waals surface area contributed by atoms with Gasteiger partial charge in [0.05, 0.1) is 14.2 Å². The van der Waals surface area contributed by atoms with Gasteiger partial charge in [-0.3, -0.25) is 4.79 Å². The van der Waals surface area contributed by atoms with Gasteiger partial charge in [0.2, 0.25) is 0 Å². The summed E-state index contributed by atoms with van der Waals surface area (Å²) in [6.45, 7) is 2.61. The predicted octanol–water partition coefficient (Wildman–Crippen LogP) is 3.84. The van der Waals surface area contributed by atoms with Gasteiger partial charge < -0.3 is 19.1 Å². The molecule has 3 rings (SSSR count). The number of carbonyl (C=O) groups is 1. The van der Waals surface area contributed by atoms with Crippen LogP contribution in [0.1, 0.15) is 30.9 Å². The highest BCUT2D eigenvalue weighted by molar-refractivity contribution is 5.78. The maximum atomic E-state index is 12.9. The summed E-state index contributed by atoms with van der Waals surface area (Å²) in [4.78, 5) is 14.8. The number of ether oxygens (including phenoxy) is 3. The van der Waals surface area contributed by atoms with Crippen molar-refractivity contribution in [3.8, 4) is 17.2 Å². The minimum Gasteiger partial charge on any atom is -0.497 e. The molecule has 0 saturated heterocycles. The highest BCUT2D eigenvalue weighted by Crippen LogP contribution is 2.32. The summed E-state index contributed by atoms with van der Waals surface area (Å²) in [7, 11) is 3.27. The summed E-state index contributed by atoms with van der Waals surface area (Å²) in [5.41, 5.74) is 2.05. The van der Waals surface area contributed by atoms with Crippen molar-refractivity contribution in [2.45, 2.75) is 38.8 Å². The smallest absolute Gasteiger partial charge is 0.261 e. The molecule has 27 heavy (non-hydrogen) atoms. The Bertz CT molecular complexity index is 786. The highest BCUT2D eigenvalue weighted by Gasteiger charge is 2.33. The molecular weight excluding hydrogens is 342 g/mol. The first kappa shape index (κ1) is 19.1. The van der Waals surface area contributed by atoms with E-state index in [0.717, 1.165) is 47.6 Å². The Kier molecular flexibility index (Phi) is 6.22. The summed E-state index contributed by atoms with van der Waals surface area (Å²) in [6.07, 6.45) is 2.94. The zero-order chi connectivity index (χ0) is 19.2. The second-order valence-corrected chi connectivity index (χ2v) is 6.68. The first-order valence-corrected chi connectivity index (χ1v) is 9.37. The summed E-state index contributed by atoms with van der Waals surface area (Å²) in [5.74, 6) is 2.28. The van der Waals surface area contributed by atoms with E-state index in [1.165, 1.54) is 0 Å². The van der Waals surface area contributed by atoms with Crippen molar-refractivity contribution < 1.29 is 19.0 Å². The van der Waals surface area contributed by atoms with Gasteiger partial charge in [-0.15, -0.1) is 0 Å². The average Bonchev–Trinajstić information content (AvgIpc) is 3.55. The monoisotopic (exact) mass is 369 g/mol. The van der Waals surface area contributed by atoms with Crippen LogP contribution in [-0.4, -0.2) is 37.7 Å². The van der Waals surface area contributed by atoms with Gasteiger partial charge in [-0.1, -0.05) is 25.1 Å². The van der Waals surface area contributed by atoms with Crippen LogP contribution in [0.4, 0.5) is 0 Å². The molecule has 0 spiro atoms. The molecule has 0 N–H and O–H groups in total. The van der Waals surface area contributed by atoms with Crippen molar-refractivity contribution in [2.75, 3.05) is 20.8 Å². The summed E-state index contributed by atoms with van der Waals surface area (Å²) in [6, 6.07) is 13.8. The summed E-state index contributed by atoms with van der Waals surface area (Å²) < 4.78 is 16.6. The lowest BCUT2D eigenvalue weighted by atomic mass is 10.1. The number of amides is 1. The molecule has 0 atom stereocenters. The molecular formula is C22H27NO4. The quantitative estimate of drug-likeness (QED) is 0.674. The van der Waals surface area contributed by atoms with Crippen LogP contribution in [0, 0.1) is 0 Å². The number of benzene rings is 2. The van der Waals surface area contributed by atoms with E-state index in [1.807, 2.05) is 47.4 Å². The SMILES string of the molecule is CCc1ccccc1OCC(=O)N(Cc1cc(OC)ccc1OC)C1CC1. The fraction of sp³-hybridized carbons (Fsp3) is 0.409. The highest BCUT2D eigenvalue weighted by atomic mass is 16.5. The van der Waals surface area contributed by atoms with Crippen molar-refractivity contribution in [2.24, 2.45) is 0 Å². The Balaban J connectivity index is 1.71. The molecule has 0 unspecified atom stereocenters. The Morgan fingerprint density at radius 3 is 2.48 bits per heavy atom. The van der Waals surface area contributed by atoms with Gasteiger partial charge in [-0.25, -0.2) is 0 Å². The van der Waals surface area contributed by atoms with E-state index in [-0.39, 0.29) is 18.6 Å². The largest absolute Gasteiger partial charge is 0.497 e. The van der Waals surface area contributed by atoms with Crippen molar-refractivity contribution >= 4 is 5.91 Å². The van der Waals surface area contributed by atoms with Gasteiger partial charge >= 0.3 is 0 Å². The maximum absolute atomic E-state index is 12.9. The molecule has 2 aromatic carbocycles. The van der Waals surface area contributed by atoms with E-state index in [4.69, 9.17) is 14.2 Å². The van der Waals surface area contributed by atoms with Crippen LogP contribution in [0.25, 0.3) is 0 Å². The molecule has 1 fully saturated rings. The molecule has 2 aromatic rings. The van der Waals surface area contributed by atoms with Gasteiger partial charge in [0.1, 0.15) is 17.2 Å². The first-order chi connectivity index (χ1) is 13.2. The molecule has 1 saturated carbocycles. The van der Waals surface area contributed by atoms with E-state index in [0.29, 0.717) is 6.54 Å². The minimum atomic E-state index is -0.00622. The molecule has 5 nitrogen and oxygen atoms in total. The van der Waals surface area contributed by atoms with E-state index >= 15 is 0 Å². The van der Waals surface area contributed by atoms with Crippen LogP contribution in [0.15, 0.2) is 42.5 Å². The number of hydrogen-bond acceptors (Lipinski definition) is 4. The molecule has 1 amide bonds. The van der Waals surface area contributed by atoms with Crippen LogP contribution < -0.4 is 14.2 Å². The Morgan fingerprint density at radius 1 is 1.04 bits per heavy atom. The van der Waals surface area contributed by atoms with Crippen LogP contribution in [0.2, 0.25) is 0 Å². The average molecular weight is 369 g/mol. The Hall–Kier alpha value is -2.69. The van der Waals surface area contributed by atoms with Crippen molar-refractivity contribution in [3.63, 3.8) is 0 Å². The number of carbonyl (C=O) groups excluding carboxylic acids is 1. The van der Waals surface area contributed by atoms with Gasteiger partial charge in [-0.05, 0) is 49.1 Å². The van der Waals surface area contributed by atoms with E-state index in [1.54, 1.807) is 14.2 Å². The standard InChI is InChI=1S/C22H27NO4/c1-4-16-7-5-6-8-21(16)27-15-22(24)23(18-9-10-18)14-17-13-19(25-2)11-12-20(17)26-3/h5-8,11-13,18H,4,9-10,14-15H2,1-3H3. The lowest BCUT2D eigenvalue weighted by Gasteiger charge is -2.24. The van der Waals surface area contributed by atoms with Crippen LogP contribution in [-0.2, 0) is 17.8 Å². The zero-order valence-corrected chi connectivity index (χ0v) is 16.2. The normalized spacial score (nSPS) is 13.1. The van der Waals surface area contributed by atoms with Crippen molar-refractivity contribution in [1.82, 2.24) is 4.90 Å². The van der Waals surface area contributed by atoms with Crippen molar-refractivity contribution in [1.29, 1.82) is 0 Å². The topological polar surface area (TPSA) is 48.0 Å². The summed E-state index contributed by atoms with van der Waals surface area (Å²) in [5, 5.41) is 0. The molecule has 0 bridgehead atoms. The lowest BCUT2D eigenvalue weighted by Crippen LogP contribution is -2.36. The van der Waals surface area contributed by atoms with Gasteiger partial charge in [0.25, 0.3) is 5.91 Å². The lowest BCUT2D eigenvalue weighted by molar-refractivity contribution is -0.134. The molecule has 144 valence electrons. The molecule has 1 aliphatic carbocycles. The fourth-order valence-electron chi connectivity index (χ4n) is 3.16. The molecule has 1 aliphatic rings.